The van der Waals surface area contributed by atoms with Crippen LogP contribution < -0.4 is 5.32 Å². The fourth-order valence-electron chi connectivity index (χ4n) is 6.76. The Kier molecular flexibility index (Phi) is 9.82. The summed E-state index contributed by atoms with van der Waals surface area (Å²) >= 11 is 8.40. The number of carbonyl (C=O) groups excluding carboxylic acids is 2. The number of carboxylic acids is 1. The number of hydrogen-bond acceptors (Lipinski definition) is 8. The molecule has 1 atom stereocenters. The molecule has 2 saturated heterocycles. The van der Waals surface area contributed by atoms with Gasteiger partial charge in [-0.1, -0.05) is 29.8 Å². The van der Waals surface area contributed by atoms with Crippen LogP contribution in [0.3, 0.4) is 0 Å². The number of amides is 1. The lowest BCUT2D eigenvalue weighted by molar-refractivity contribution is -0.254. The molecule has 3 heterocycles. The van der Waals surface area contributed by atoms with Crippen LogP contribution in [-0.4, -0.2) is 82.2 Å². The third-order valence-corrected chi connectivity index (χ3v) is 10.4. The molecule has 0 radical (unpaired) electrons. The van der Waals surface area contributed by atoms with Gasteiger partial charge in [0, 0.05) is 49.5 Å². The third kappa shape index (κ3) is 6.64. The van der Waals surface area contributed by atoms with Crippen molar-refractivity contribution >= 4 is 57.7 Å². The second kappa shape index (κ2) is 13.8. The van der Waals surface area contributed by atoms with E-state index in [1.807, 2.05) is 11.8 Å². The number of thioether (sulfide) groups is 1. The fraction of sp³-hybridized carbons (Fsp3) is 0.485. The van der Waals surface area contributed by atoms with Crippen LogP contribution in [0.15, 0.2) is 47.1 Å². The van der Waals surface area contributed by atoms with E-state index in [0.717, 1.165) is 30.4 Å². The highest BCUT2D eigenvalue weighted by atomic mass is 35.5. The van der Waals surface area contributed by atoms with Gasteiger partial charge in [-0.3, -0.25) is 24.2 Å². The Morgan fingerprint density at radius 2 is 1.73 bits per heavy atom. The largest absolute Gasteiger partial charge is 0.481 e. The first kappa shape index (κ1) is 32.0. The van der Waals surface area contributed by atoms with E-state index < -0.39 is 29.5 Å². The maximum Gasteiger partial charge on any atom is 0.306 e. The molecular formula is C33H37ClFN3O6S. The Hall–Kier alpha value is -2.96. The summed E-state index contributed by atoms with van der Waals surface area (Å²) in [6, 6.07) is 9.66. The van der Waals surface area contributed by atoms with Crippen LogP contribution in [0, 0.1) is 11.7 Å². The van der Waals surface area contributed by atoms with E-state index in [-0.39, 0.29) is 34.6 Å². The van der Waals surface area contributed by atoms with Gasteiger partial charge in [-0.05, 0) is 62.3 Å². The molecule has 240 valence electrons. The lowest BCUT2D eigenvalue weighted by atomic mass is 9.87. The summed E-state index contributed by atoms with van der Waals surface area (Å²) in [5, 5.41) is 12.9. The zero-order chi connectivity index (χ0) is 31.6. The zero-order valence-electron chi connectivity index (χ0n) is 24.9. The number of halogens is 2. The van der Waals surface area contributed by atoms with Crippen molar-refractivity contribution < 1.29 is 33.0 Å². The molecule has 1 unspecified atom stereocenters. The molecule has 9 nitrogen and oxygen atoms in total. The molecular weight excluding hydrogens is 621 g/mol. The van der Waals surface area contributed by atoms with Gasteiger partial charge in [0.2, 0.25) is 5.85 Å². The van der Waals surface area contributed by atoms with E-state index in [2.05, 4.69) is 15.1 Å². The van der Waals surface area contributed by atoms with Crippen molar-refractivity contribution in [3.05, 3.63) is 64.6 Å². The lowest BCUT2D eigenvalue weighted by Gasteiger charge is -2.50. The van der Waals surface area contributed by atoms with Crippen molar-refractivity contribution in [2.75, 3.05) is 43.0 Å². The van der Waals surface area contributed by atoms with E-state index in [1.165, 1.54) is 12.3 Å². The van der Waals surface area contributed by atoms with Gasteiger partial charge >= 0.3 is 5.97 Å². The van der Waals surface area contributed by atoms with Gasteiger partial charge in [-0.25, -0.2) is 4.39 Å². The predicted octanol–water partition coefficient (Wildman–Crippen LogP) is 6.05. The number of ether oxygens (including phenoxy) is 1. The third-order valence-electron chi connectivity index (χ3n) is 9.15. The number of anilines is 1. The number of nitrogens with zero attached hydrogens (tertiary/aromatic N) is 2. The Labute approximate surface area is 270 Å². The van der Waals surface area contributed by atoms with E-state index in [4.69, 9.17) is 20.8 Å². The average Bonchev–Trinajstić information content (AvgIpc) is 3.74. The number of ketones is 1. The molecule has 0 bridgehead atoms. The minimum atomic E-state index is -1.38. The number of para-hydroxylation sites is 1. The topological polar surface area (TPSA) is 112 Å². The average molecular weight is 658 g/mol. The molecule has 45 heavy (non-hydrogen) atoms. The van der Waals surface area contributed by atoms with Crippen LogP contribution in [0.5, 0.6) is 0 Å². The predicted molar refractivity (Wildman–Crippen MR) is 171 cm³/mol. The molecule has 3 aromatic rings. The number of likely N-dealkylation sites (tertiary alicyclic amines) is 1. The summed E-state index contributed by atoms with van der Waals surface area (Å²) in [5.74, 6) is -2.32. The number of furan rings is 1. The molecule has 2 aromatic carbocycles. The van der Waals surface area contributed by atoms with Gasteiger partial charge < -0.3 is 19.6 Å². The van der Waals surface area contributed by atoms with E-state index in [9.17, 15) is 19.5 Å². The normalized spacial score (nSPS) is 22.7. The maximum atomic E-state index is 15.7. The van der Waals surface area contributed by atoms with Gasteiger partial charge in [0.25, 0.3) is 5.91 Å². The summed E-state index contributed by atoms with van der Waals surface area (Å²) < 4.78 is 28.0. The quantitative estimate of drug-likeness (QED) is 0.269. The highest BCUT2D eigenvalue weighted by Gasteiger charge is 2.52. The molecule has 3 aliphatic rings. The molecule has 1 aromatic heterocycles. The van der Waals surface area contributed by atoms with Crippen molar-refractivity contribution in [1.82, 2.24) is 9.80 Å². The molecule has 2 N–H and O–H groups in total. The molecule has 3 fully saturated rings. The van der Waals surface area contributed by atoms with Gasteiger partial charge in [-0.15, -0.1) is 0 Å². The SMILES string of the molecule is O=C(Nc1cc(F)c(CC(=O)C(OC2CCC(C(=O)O)CC2)(N2CCCC2)N2CCSCC2)cc1Cl)c1coc2ccccc12. The van der Waals surface area contributed by atoms with Gasteiger partial charge in [0.1, 0.15) is 17.7 Å². The summed E-state index contributed by atoms with van der Waals surface area (Å²) in [4.78, 5) is 43.4. The zero-order valence-corrected chi connectivity index (χ0v) is 26.5. The second-order valence-electron chi connectivity index (χ2n) is 12.0. The molecule has 1 amide bonds. The summed E-state index contributed by atoms with van der Waals surface area (Å²) in [6.07, 6.45) is 4.73. The molecule has 6 rings (SSSR count). The van der Waals surface area contributed by atoms with Gasteiger partial charge in [-0.2, -0.15) is 11.8 Å². The van der Waals surface area contributed by atoms with Gasteiger partial charge in [0.15, 0.2) is 5.78 Å². The number of rotatable bonds is 10. The molecule has 1 saturated carbocycles. The Morgan fingerprint density at radius 1 is 1.04 bits per heavy atom. The van der Waals surface area contributed by atoms with Crippen LogP contribution >= 0.6 is 23.4 Å². The second-order valence-corrected chi connectivity index (χ2v) is 13.6. The van der Waals surface area contributed by atoms with Crippen LogP contribution in [0.2, 0.25) is 5.02 Å². The summed E-state index contributed by atoms with van der Waals surface area (Å²) in [5.41, 5.74) is 1.06. The number of hydrogen-bond donors (Lipinski definition) is 2. The Balaban J connectivity index is 1.26. The summed E-state index contributed by atoms with van der Waals surface area (Å²) in [7, 11) is 0. The Bertz CT molecular complexity index is 1570. The number of carbonyl (C=O) groups is 3. The standard InChI is InChI=1S/C33H37ClFN3O6S/c34-26-17-22(27(35)19-28(26)36-31(40)25-20-43-29-6-2-1-5-24(25)29)18-30(39)33(37-11-3-4-12-37,38-13-15-45-16-14-38)44-23-9-7-21(8-10-23)32(41)42/h1-2,5-6,17,19-21,23H,3-4,7-16,18H2,(H,36,40)(H,41,42). The van der Waals surface area contributed by atoms with Crippen molar-refractivity contribution in [2.24, 2.45) is 5.92 Å². The maximum absolute atomic E-state index is 15.7. The first-order chi connectivity index (χ1) is 21.8. The number of aliphatic carboxylic acids is 1. The van der Waals surface area contributed by atoms with E-state index in [1.54, 1.807) is 24.3 Å². The molecule has 0 spiro atoms. The highest BCUT2D eigenvalue weighted by molar-refractivity contribution is 7.99. The monoisotopic (exact) mass is 657 g/mol. The number of benzene rings is 2. The lowest BCUT2D eigenvalue weighted by Crippen LogP contribution is -2.69. The first-order valence-corrected chi connectivity index (χ1v) is 17.1. The van der Waals surface area contributed by atoms with E-state index >= 15 is 4.39 Å². The van der Waals surface area contributed by atoms with Crippen molar-refractivity contribution in [1.29, 1.82) is 0 Å². The molecule has 2 aliphatic heterocycles. The van der Waals surface area contributed by atoms with Crippen molar-refractivity contribution in [2.45, 2.75) is 56.9 Å². The minimum absolute atomic E-state index is 0.0888. The fourth-order valence-corrected chi connectivity index (χ4v) is 7.90. The highest BCUT2D eigenvalue weighted by Crippen LogP contribution is 2.38. The molecule has 12 heteroatoms. The van der Waals surface area contributed by atoms with Crippen molar-refractivity contribution in [3.63, 3.8) is 0 Å². The number of carboxylic acid groups (broad SMARTS) is 1. The van der Waals surface area contributed by atoms with Crippen LogP contribution in [0.4, 0.5) is 10.1 Å². The number of fused-ring (bicyclic) bond motifs is 1. The minimum Gasteiger partial charge on any atom is -0.481 e. The molecule has 1 aliphatic carbocycles. The summed E-state index contributed by atoms with van der Waals surface area (Å²) in [6.45, 7) is 2.65. The van der Waals surface area contributed by atoms with Crippen LogP contribution in [0.1, 0.15) is 54.4 Å². The number of nitrogens with one attached hydrogen (secondary N) is 1. The van der Waals surface area contributed by atoms with Crippen LogP contribution in [-0.2, 0) is 20.7 Å². The van der Waals surface area contributed by atoms with Crippen LogP contribution in [0.25, 0.3) is 11.0 Å². The Morgan fingerprint density at radius 3 is 2.44 bits per heavy atom. The number of Topliss-reactive ketones (excluding diaryl/α,β-unsaturated/α-hetero) is 1. The van der Waals surface area contributed by atoms with Crippen molar-refractivity contribution in [3.8, 4) is 0 Å². The smallest absolute Gasteiger partial charge is 0.306 e. The van der Waals surface area contributed by atoms with Gasteiger partial charge in [0.05, 0.1) is 28.3 Å². The van der Waals surface area contributed by atoms with E-state index in [0.29, 0.717) is 68.4 Å². The first-order valence-electron chi connectivity index (χ1n) is 15.5.